The largest absolute Gasteiger partial charge is 0.333 e. The van der Waals surface area contributed by atoms with Gasteiger partial charge in [-0.05, 0) is 36.1 Å². The minimum absolute atomic E-state index is 0.669. The fourth-order valence-corrected chi connectivity index (χ4v) is 3.58. The van der Waals surface area contributed by atoms with Crippen LogP contribution in [0.2, 0.25) is 0 Å². The Morgan fingerprint density at radius 2 is 1.67 bits per heavy atom. The van der Waals surface area contributed by atoms with Gasteiger partial charge in [-0.2, -0.15) is 4.57 Å². The average molecular weight is 392 g/mol. The van der Waals surface area contributed by atoms with Gasteiger partial charge in [-0.3, -0.25) is 9.97 Å². The molecule has 3 heterocycles. The van der Waals surface area contributed by atoms with E-state index in [0.29, 0.717) is 6.54 Å². The quantitative estimate of drug-likeness (QED) is 0.453. The van der Waals surface area contributed by atoms with E-state index in [1.165, 1.54) is 22.3 Å². The lowest BCUT2D eigenvalue weighted by Gasteiger charge is -2.06. The molecule has 2 aromatic carbocycles. The molecule has 0 spiro atoms. The third kappa shape index (κ3) is 3.57. The number of nitrogens with zero attached hydrogens (tertiary/aromatic N) is 4. The van der Waals surface area contributed by atoms with E-state index in [9.17, 15) is 0 Å². The van der Waals surface area contributed by atoms with E-state index in [1.54, 1.807) is 18.6 Å². The molecule has 3 aromatic heterocycles. The van der Waals surface area contributed by atoms with Gasteiger partial charge in [0.05, 0.1) is 6.20 Å². The van der Waals surface area contributed by atoms with Crippen molar-refractivity contribution in [2.45, 2.75) is 20.4 Å². The molecule has 0 radical (unpaired) electrons. The monoisotopic (exact) mass is 392 g/mol. The number of hydrogen-bond donors (Lipinski definition) is 1. The molecule has 30 heavy (non-hydrogen) atoms. The van der Waals surface area contributed by atoms with Crippen LogP contribution in [0.1, 0.15) is 16.8 Å². The van der Waals surface area contributed by atoms with Crippen molar-refractivity contribution < 1.29 is 4.57 Å². The number of pyridine rings is 1. The van der Waals surface area contributed by atoms with Crippen LogP contribution in [0.3, 0.4) is 0 Å². The molecule has 0 saturated carbocycles. The molecule has 1 N–H and O–H groups in total. The van der Waals surface area contributed by atoms with Crippen molar-refractivity contribution in [3.8, 4) is 22.5 Å². The summed E-state index contributed by atoms with van der Waals surface area (Å²) in [4.78, 5) is 16.7. The minimum Gasteiger partial charge on any atom is -0.333 e. The number of rotatable bonds is 4. The van der Waals surface area contributed by atoms with Crippen molar-refractivity contribution in [3.63, 3.8) is 0 Å². The minimum atomic E-state index is 0.669. The van der Waals surface area contributed by atoms with E-state index in [1.807, 2.05) is 12.3 Å². The second kappa shape index (κ2) is 7.52. The summed E-state index contributed by atoms with van der Waals surface area (Å²) < 4.78 is 2.08. The SMILES string of the molecule is Cc1ccc(-c2ccc(-c3nc4cc[n+](Cc5cnccn5)cc4[nH]3)cc2)cc1C. The maximum atomic E-state index is 4.76. The molecule has 5 rings (SSSR count). The van der Waals surface area contributed by atoms with Gasteiger partial charge in [0.25, 0.3) is 0 Å². The topological polar surface area (TPSA) is 58.3 Å². The molecular weight excluding hydrogens is 370 g/mol. The van der Waals surface area contributed by atoms with Gasteiger partial charge in [0, 0.05) is 24.0 Å². The first-order valence-corrected chi connectivity index (χ1v) is 9.97. The summed E-state index contributed by atoms with van der Waals surface area (Å²) in [5.74, 6) is 0.869. The van der Waals surface area contributed by atoms with Crippen molar-refractivity contribution >= 4 is 11.0 Å². The number of fused-ring (bicyclic) bond motifs is 1. The molecule has 0 aliphatic heterocycles. The molecule has 0 unspecified atom stereocenters. The molecule has 5 aromatic rings. The summed E-state index contributed by atoms with van der Waals surface area (Å²) in [6, 6.07) is 17.2. The molecular formula is C25H22N5+. The Kier molecular flexibility index (Phi) is 4.56. The Balaban J connectivity index is 1.42. The third-order valence-corrected chi connectivity index (χ3v) is 5.44. The van der Waals surface area contributed by atoms with E-state index < -0.39 is 0 Å². The number of aromatic nitrogens is 5. The Morgan fingerprint density at radius 1 is 0.867 bits per heavy atom. The van der Waals surface area contributed by atoms with Crippen LogP contribution in [0.4, 0.5) is 0 Å². The van der Waals surface area contributed by atoms with E-state index in [0.717, 1.165) is 28.1 Å². The first-order chi connectivity index (χ1) is 14.7. The van der Waals surface area contributed by atoms with Gasteiger partial charge < -0.3 is 4.98 Å². The Labute approximate surface area is 175 Å². The zero-order chi connectivity index (χ0) is 20.5. The number of imidazole rings is 1. The van der Waals surface area contributed by atoms with Crippen molar-refractivity contribution in [2.24, 2.45) is 0 Å². The lowest BCUT2D eigenvalue weighted by Crippen LogP contribution is -2.33. The van der Waals surface area contributed by atoms with Gasteiger partial charge in [-0.1, -0.05) is 42.5 Å². The lowest BCUT2D eigenvalue weighted by atomic mass is 9.99. The highest BCUT2D eigenvalue weighted by Crippen LogP contribution is 2.26. The number of hydrogen-bond acceptors (Lipinski definition) is 3. The van der Waals surface area contributed by atoms with Gasteiger partial charge >= 0.3 is 0 Å². The highest BCUT2D eigenvalue weighted by molar-refractivity contribution is 5.78. The van der Waals surface area contributed by atoms with E-state index in [4.69, 9.17) is 4.98 Å². The fourth-order valence-electron chi connectivity index (χ4n) is 3.58. The summed E-state index contributed by atoms with van der Waals surface area (Å²) in [5, 5.41) is 0. The van der Waals surface area contributed by atoms with Gasteiger partial charge in [0.15, 0.2) is 18.9 Å². The van der Waals surface area contributed by atoms with Gasteiger partial charge in [-0.15, -0.1) is 0 Å². The predicted molar refractivity (Wildman–Crippen MR) is 118 cm³/mol. The van der Waals surface area contributed by atoms with Crippen LogP contribution in [0.15, 0.2) is 79.5 Å². The smallest absolute Gasteiger partial charge is 0.195 e. The van der Waals surface area contributed by atoms with Crippen LogP contribution >= 0.6 is 0 Å². The van der Waals surface area contributed by atoms with Crippen LogP contribution in [0.25, 0.3) is 33.5 Å². The molecule has 0 aliphatic carbocycles. The number of H-pyrrole nitrogens is 1. The molecule has 0 saturated heterocycles. The summed E-state index contributed by atoms with van der Waals surface area (Å²) in [7, 11) is 0. The van der Waals surface area contributed by atoms with Crippen molar-refractivity contribution in [1.82, 2.24) is 19.9 Å². The normalized spacial score (nSPS) is 11.1. The van der Waals surface area contributed by atoms with Crippen LogP contribution < -0.4 is 4.57 Å². The summed E-state index contributed by atoms with van der Waals surface area (Å²) >= 11 is 0. The molecule has 0 fully saturated rings. The molecule has 0 amide bonds. The molecule has 0 aliphatic rings. The molecule has 5 nitrogen and oxygen atoms in total. The van der Waals surface area contributed by atoms with Gasteiger partial charge in [0.2, 0.25) is 0 Å². The second-order valence-electron chi connectivity index (χ2n) is 7.57. The van der Waals surface area contributed by atoms with Crippen molar-refractivity contribution in [3.05, 3.63) is 96.3 Å². The maximum Gasteiger partial charge on any atom is 0.195 e. The highest BCUT2D eigenvalue weighted by atomic mass is 15.0. The summed E-state index contributed by atoms with van der Waals surface area (Å²) in [6.45, 7) is 4.96. The van der Waals surface area contributed by atoms with E-state index >= 15 is 0 Å². The predicted octanol–water partition coefficient (Wildman–Crippen LogP) is 4.64. The number of benzene rings is 2. The van der Waals surface area contributed by atoms with E-state index in [2.05, 4.69) is 82.0 Å². The lowest BCUT2D eigenvalue weighted by molar-refractivity contribution is -0.687. The zero-order valence-corrected chi connectivity index (χ0v) is 17.0. The number of aromatic amines is 1. The third-order valence-electron chi connectivity index (χ3n) is 5.44. The standard InChI is InChI=1S/C25H21N5/c1-17-3-4-21(13-18(17)2)19-5-7-20(8-6-19)25-28-23-9-12-30(16-24(23)29-25)15-22-14-26-10-11-27-22/h3-14,16H,15H2,1-2H3/p+1. The molecule has 0 bridgehead atoms. The number of nitrogens with one attached hydrogen (secondary N) is 1. The second-order valence-corrected chi connectivity index (χ2v) is 7.57. The first kappa shape index (κ1) is 18.2. The average Bonchev–Trinajstić information content (AvgIpc) is 3.20. The zero-order valence-electron chi connectivity index (χ0n) is 17.0. The van der Waals surface area contributed by atoms with Crippen LogP contribution in [0.5, 0.6) is 0 Å². The maximum absolute atomic E-state index is 4.76. The van der Waals surface area contributed by atoms with Crippen molar-refractivity contribution in [2.75, 3.05) is 0 Å². The first-order valence-electron chi connectivity index (χ1n) is 9.97. The summed E-state index contributed by atoms with van der Waals surface area (Å²) in [6.07, 6.45) is 9.26. The van der Waals surface area contributed by atoms with Crippen LogP contribution in [-0.2, 0) is 6.54 Å². The Morgan fingerprint density at radius 3 is 2.43 bits per heavy atom. The number of aryl methyl sites for hydroxylation is 2. The van der Waals surface area contributed by atoms with Gasteiger partial charge in [0.1, 0.15) is 22.6 Å². The van der Waals surface area contributed by atoms with Gasteiger partial charge in [-0.25, -0.2) is 4.98 Å². The Hall–Kier alpha value is -3.86. The molecule has 0 atom stereocenters. The highest BCUT2D eigenvalue weighted by Gasteiger charge is 2.11. The molecule has 5 heteroatoms. The van der Waals surface area contributed by atoms with Crippen LogP contribution in [-0.4, -0.2) is 19.9 Å². The van der Waals surface area contributed by atoms with Crippen LogP contribution in [0, 0.1) is 13.8 Å². The fraction of sp³-hybridized carbons (Fsp3) is 0.120. The van der Waals surface area contributed by atoms with E-state index in [-0.39, 0.29) is 0 Å². The van der Waals surface area contributed by atoms with Crippen molar-refractivity contribution in [1.29, 1.82) is 0 Å². The summed E-state index contributed by atoms with van der Waals surface area (Å²) in [5.41, 5.74) is 8.99. The molecule has 146 valence electrons. The Bertz CT molecular complexity index is 1320.